The maximum absolute atomic E-state index is 15.4. The second-order valence-electron chi connectivity index (χ2n) is 18.4. The highest BCUT2D eigenvalue weighted by Crippen LogP contribution is 2.60. The van der Waals surface area contributed by atoms with Gasteiger partial charge in [0.25, 0.3) is 11.8 Å². The molecule has 12 nitrogen and oxygen atoms in total. The number of ether oxygens (including phenoxy) is 3. The number of unbranched alkanes of at least 4 members (excludes halogenated alkanes) is 2. The number of ketones is 2. The predicted octanol–water partition coefficient (Wildman–Crippen LogP) is 8.26. The molecule has 2 aromatic rings. The van der Waals surface area contributed by atoms with Gasteiger partial charge in [-0.2, -0.15) is 0 Å². The fraction of sp³-hybridized carbons (Fsp3) is 0.667. The molecule has 1 amide bonds. The zero-order valence-corrected chi connectivity index (χ0v) is 36.3. The van der Waals surface area contributed by atoms with Crippen molar-refractivity contribution in [1.82, 2.24) is 15.4 Å². The van der Waals surface area contributed by atoms with Gasteiger partial charge in [-0.3, -0.25) is 19.3 Å². The molecule has 4 atom stereocenters. The average molecular weight is 782 g/mol. The Morgan fingerprint density at radius 2 is 1.69 bits per heavy atom. The molecule has 3 aliphatic carbocycles. The van der Waals surface area contributed by atoms with Gasteiger partial charge in [0.2, 0.25) is 5.78 Å². The van der Waals surface area contributed by atoms with Gasteiger partial charge in [0.05, 0.1) is 37.5 Å². The summed E-state index contributed by atoms with van der Waals surface area (Å²) in [6.07, 6.45) is 3.76. The molecule has 1 heterocycles. The second kappa shape index (κ2) is 15.7. The largest absolute Gasteiger partial charge is 0.508 e. The number of aliphatic hydroxyl groups excluding tert-OH is 1. The first-order chi connectivity index (χ1) is 25.7. The van der Waals surface area contributed by atoms with E-state index in [1.807, 2.05) is 66.7 Å². The summed E-state index contributed by atoms with van der Waals surface area (Å²) in [7, 11) is 2.42. The molecular formula is C42H63N3O9Si. The third-order valence-corrected chi connectivity index (χ3v) is 16.2. The van der Waals surface area contributed by atoms with Crippen molar-refractivity contribution in [3.63, 3.8) is 0 Å². The van der Waals surface area contributed by atoms with Crippen molar-refractivity contribution in [2.24, 2.45) is 17.3 Å². The summed E-state index contributed by atoms with van der Waals surface area (Å²) >= 11 is 0. The molecule has 0 aliphatic heterocycles. The first-order valence-corrected chi connectivity index (χ1v) is 22.7. The maximum Gasteiger partial charge on any atom is 0.265 e. The quantitative estimate of drug-likeness (QED) is 0.141. The van der Waals surface area contributed by atoms with Crippen LogP contribution in [-0.2, 0) is 10.8 Å². The van der Waals surface area contributed by atoms with Crippen molar-refractivity contribution >= 4 is 25.8 Å². The van der Waals surface area contributed by atoms with E-state index < -0.39 is 55.0 Å². The molecule has 1 unspecified atom stereocenters. The summed E-state index contributed by atoms with van der Waals surface area (Å²) in [5, 5.41) is 19.9. The van der Waals surface area contributed by atoms with Crippen molar-refractivity contribution in [2.75, 3.05) is 41.0 Å². The first kappa shape index (κ1) is 42.5. The van der Waals surface area contributed by atoms with Gasteiger partial charge in [-0.25, -0.2) is 0 Å². The Balaban J connectivity index is 1.80. The van der Waals surface area contributed by atoms with E-state index in [1.54, 1.807) is 6.07 Å². The van der Waals surface area contributed by atoms with Crippen LogP contribution >= 0.6 is 0 Å². The number of allylic oxidation sites excluding steroid dienone is 1. The number of benzene rings is 1. The van der Waals surface area contributed by atoms with Gasteiger partial charge in [-0.05, 0) is 80.5 Å². The highest BCUT2D eigenvalue weighted by Gasteiger charge is 2.67. The monoisotopic (exact) mass is 781 g/mol. The molecule has 0 fully saturated rings. The Labute approximate surface area is 327 Å². The average Bonchev–Trinajstić information content (AvgIpc) is 3.50. The van der Waals surface area contributed by atoms with Crippen molar-refractivity contribution in [2.45, 2.75) is 124 Å². The first-order valence-electron chi connectivity index (χ1n) is 19.8. The lowest BCUT2D eigenvalue weighted by molar-refractivity contribution is -0.0480. The molecule has 3 aliphatic rings. The molecule has 1 aromatic carbocycles. The van der Waals surface area contributed by atoms with Crippen LogP contribution in [0.15, 0.2) is 21.9 Å². The fourth-order valence-electron chi connectivity index (χ4n) is 7.83. The molecule has 0 bridgehead atoms. The molecule has 5 rings (SSSR count). The minimum Gasteiger partial charge on any atom is -0.508 e. The summed E-state index contributed by atoms with van der Waals surface area (Å²) < 4.78 is 31.5. The minimum absolute atomic E-state index is 0.0551. The van der Waals surface area contributed by atoms with Gasteiger partial charge < -0.3 is 33.6 Å². The highest BCUT2D eigenvalue weighted by atomic mass is 28.4. The number of Topliss-reactive ketones (excluding diaryl/α,β-unsaturated/α-hetero) is 2. The van der Waals surface area contributed by atoms with Crippen LogP contribution in [0.25, 0.3) is 0 Å². The zero-order valence-electron chi connectivity index (χ0n) is 35.3. The summed E-state index contributed by atoms with van der Waals surface area (Å²) in [5.74, 6) is -2.08. The molecule has 0 saturated heterocycles. The van der Waals surface area contributed by atoms with Crippen LogP contribution in [-0.4, -0.2) is 87.5 Å². The van der Waals surface area contributed by atoms with E-state index in [-0.39, 0.29) is 51.0 Å². The predicted molar refractivity (Wildman–Crippen MR) is 213 cm³/mol. The molecule has 1 aromatic heterocycles. The topological polar surface area (TPSA) is 150 Å². The standard InChI is InChI=1S/C42H63N3O9Si/c1-14-16-18-51-34-26(38(49)43-23-40(3,4)5)22-28(50-11)25-20-24-21-27-32(45(9)10)35-31(39(44-53-35)52-19-17-15-2)37(48)42(27,54-55(12,13)41(6,7)8)36(47)29(24)33(46)30(25)34/h22,24,27,32,47H,14-21,23H2,1-13H3,(H,43,49)/t24?,27-,32-,42-/m0/s1. The van der Waals surface area contributed by atoms with E-state index in [0.29, 0.717) is 49.5 Å². The third-order valence-electron chi connectivity index (χ3n) is 11.7. The van der Waals surface area contributed by atoms with Gasteiger partial charge in [-0.1, -0.05) is 68.2 Å². The molecule has 0 spiro atoms. The zero-order chi connectivity index (χ0) is 40.8. The number of fused-ring (bicyclic) bond motifs is 4. The van der Waals surface area contributed by atoms with E-state index in [4.69, 9.17) is 23.2 Å². The Morgan fingerprint density at radius 3 is 2.25 bits per heavy atom. The number of methoxy groups -OCH3 is 1. The number of nitrogens with zero attached hydrogens (tertiary/aromatic N) is 2. The molecule has 2 N–H and O–H groups in total. The van der Waals surface area contributed by atoms with Crippen molar-refractivity contribution in [3.05, 3.63) is 45.4 Å². The lowest BCUT2D eigenvalue weighted by Crippen LogP contribution is -2.65. The fourth-order valence-corrected chi connectivity index (χ4v) is 9.28. The Bertz CT molecular complexity index is 1830. The number of carbonyl (C=O) groups excluding carboxylic acids is 3. The number of aliphatic hydroxyl groups is 1. The summed E-state index contributed by atoms with van der Waals surface area (Å²) in [6, 6.07) is 1.10. The number of hydrogen-bond acceptors (Lipinski definition) is 11. The molecular weight excluding hydrogens is 719 g/mol. The summed E-state index contributed by atoms with van der Waals surface area (Å²) in [4.78, 5) is 46.6. The second-order valence-corrected chi connectivity index (χ2v) is 23.1. The van der Waals surface area contributed by atoms with E-state index in [0.717, 1.165) is 19.3 Å². The normalized spacial score (nSPS) is 22.5. The number of amides is 1. The van der Waals surface area contributed by atoms with Crippen LogP contribution < -0.4 is 19.5 Å². The van der Waals surface area contributed by atoms with Crippen LogP contribution in [0, 0.1) is 17.3 Å². The van der Waals surface area contributed by atoms with Gasteiger partial charge in [0.15, 0.2) is 25.5 Å². The molecule has 13 heteroatoms. The molecule has 0 radical (unpaired) electrons. The Morgan fingerprint density at radius 1 is 1.05 bits per heavy atom. The van der Waals surface area contributed by atoms with Gasteiger partial charge in [0, 0.05) is 23.6 Å². The van der Waals surface area contributed by atoms with Gasteiger partial charge in [0.1, 0.15) is 22.8 Å². The van der Waals surface area contributed by atoms with Crippen LogP contribution in [0.1, 0.15) is 136 Å². The number of hydrogen-bond donors (Lipinski definition) is 2. The minimum atomic E-state index is -2.89. The molecule has 0 saturated carbocycles. The number of rotatable bonds is 14. The maximum atomic E-state index is 15.4. The number of aromatic nitrogens is 1. The van der Waals surface area contributed by atoms with Crippen LogP contribution in [0.3, 0.4) is 0 Å². The van der Waals surface area contributed by atoms with Crippen LogP contribution in [0.2, 0.25) is 18.1 Å². The molecule has 304 valence electrons. The van der Waals surface area contributed by atoms with Gasteiger partial charge in [-0.15, -0.1) is 0 Å². The Kier molecular flexibility index (Phi) is 12.1. The summed E-state index contributed by atoms with van der Waals surface area (Å²) in [5.41, 5.74) is -0.992. The summed E-state index contributed by atoms with van der Waals surface area (Å²) in [6.45, 7) is 21.4. The lowest BCUT2D eigenvalue weighted by atomic mass is 9.58. The van der Waals surface area contributed by atoms with Gasteiger partial charge >= 0.3 is 0 Å². The van der Waals surface area contributed by atoms with Crippen LogP contribution in [0.5, 0.6) is 17.4 Å². The van der Waals surface area contributed by atoms with Crippen molar-refractivity contribution < 1.29 is 42.6 Å². The number of carbonyl (C=O) groups is 3. The van der Waals surface area contributed by atoms with E-state index in [1.165, 1.54) is 7.11 Å². The lowest BCUT2D eigenvalue weighted by Gasteiger charge is -2.55. The van der Waals surface area contributed by atoms with E-state index in [2.05, 4.69) is 31.2 Å². The van der Waals surface area contributed by atoms with Crippen LogP contribution in [0.4, 0.5) is 0 Å². The number of nitrogens with one attached hydrogen (secondary N) is 1. The Hall–Kier alpha value is -3.68. The van der Waals surface area contributed by atoms with Crippen molar-refractivity contribution in [3.8, 4) is 17.4 Å². The highest BCUT2D eigenvalue weighted by molar-refractivity contribution is 6.74. The third kappa shape index (κ3) is 7.60. The van der Waals surface area contributed by atoms with E-state index >= 15 is 9.59 Å². The van der Waals surface area contributed by atoms with E-state index in [9.17, 15) is 9.90 Å². The smallest absolute Gasteiger partial charge is 0.265 e. The van der Waals surface area contributed by atoms with Crippen molar-refractivity contribution in [1.29, 1.82) is 0 Å². The SMILES string of the molecule is CCCCOc1noc2c1C(=O)[C@@]1(O[Si](C)(C)C(C)(C)C)C(O)=C3C(=O)c4c(c(OC)cc(C(=O)NCC(C)(C)C)c4OCCCC)CC3C[C@H]1[C@@H]2N(C)C. The molecule has 55 heavy (non-hydrogen) atoms.